The van der Waals surface area contributed by atoms with E-state index in [0.717, 1.165) is 22.6 Å². The second-order valence-electron chi connectivity index (χ2n) is 7.34. The highest BCUT2D eigenvalue weighted by atomic mass is 16.5. The Hall–Kier alpha value is -4.01. The molecule has 31 heavy (non-hydrogen) atoms. The lowest BCUT2D eigenvalue weighted by Gasteiger charge is -2.09. The maximum absolute atomic E-state index is 12.4. The van der Waals surface area contributed by atoms with Gasteiger partial charge in [-0.25, -0.2) is 4.68 Å². The van der Waals surface area contributed by atoms with Gasteiger partial charge in [-0.15, -0.1) is 10.2 Å². The van der Waals surface area contributed by atoms with Crippen molar-refractivity contribution >= 4 is 23.1 Å². The van der Waals surface area contributed by atoms with Crippen molar-refractivity contribution in [1.82, 2.24) is 25.1 Å². The van der Waals surface area contributed by atoms with Gasteiger partial charge in [-0.2, -0.15) is 5.10 Å². The van der Waals surface area contributed by atoms with Crippen molar-refractivity contribution in [1.29, 1.82) is 0 Å². The number of rotatable bonds is 5. The van der Waals surface area contributed by atoms with Crippen LogP contribution in [0.4, 0.5) is 17.2 Å². The van der Waals surface area contributed by atoms with E-state index in [0.29, 0.717) is 34.3 Å². The summed E-state index contributed by atoms with van der Waals surface area (Å²) in [6.45, 7) is 9.47. The Morgan fingerprint density at radius 3 is 2.16 bits per heavy atom. The van der Waals surface area contributed by atoms with E-state index >= 15 is 0 Å². The van der Waals surface area contributed by atoms with Gasteiger partial charge in [0.2, 0.25) is 0 Å². The van der Waals surface area contributed by atoms with Gasteiger partial charge < -0.3 is 15.2 Å². The monoisotopic (exact) mass is 417 g/mol. The van der Waals surface area contributed by atoms with Crippen molar-refractivity contribution in [2.24, 2.45) is 0 Å². The lowest BCUT2D eigenvalue weighted by Crippen LogP contribution is -2.13. The molecule has 0 saturated heterocycles. The number of amides is 1. The number of benzene rings is 1. The summed E-state index contributed by atoms with van der Waals surface area (Å²) in [4.78, 5) is 12.4. The van der Waals surface area contributed by atoms with Crippen molar-refractivity contribution in [3.63, 3.8) is 0 Å². The van der Waals surface area contributed by atoms with Crippen LogP contribution in [0.25, 0.3) is 5.82 Å². The topological polar surface area (TPSA) is 111 Å². The molecule has 0 spiro atoms. The first-order valence-corrected chi connectivity index (χ1v) is 9.81. The third kappa shape index (κ3) is 4.02. The maximum atomic E-state index is 12.4. The van der Waals surface area contributed by atoms with Crippen molar-refractivity contribution in [3.8, 4) is 5.82 Å². The van der Waals surface area contributed by atoms with E-state index in [1.54, 1.807) is 30.7 Å². The van der Waals surface area contributed by atoms with Crippen molar-refractivity contribution in [2.45, 2.75) is 34.6 Å². The molecule has 4 aromatic rings. The number of hydrogen-bond acceptors (Lipinski definition) is 7. The quantitative estimate of drug-likeness (QED) is 0.501. The molecule has 3 heterocycles. The van der Waals surface area contributed by atoms with Crippen LogP contribution in [0.2, 0.25) is 0 Å². The van der Waals surface area contributed by atoms with E-state index in [9.17, 15) is 4.79 Å². The van der Waals surface area contributed by atoms with Crippen molar-refractivity contribution in [3.05, 3.63) is 70.4 Å². The van der Waals surface area contributed by atoms with E-state index in [-0.39, 0.29) is 5.91 Å². The Balaban J connectivity index is 1.43. The third-order valence-corrected chi connectivity index (χ3v) is 5.20. The van der Waals surface area contributed by atoms with Crippen molar-refractivity contribution in [2.75, 3.05) is 10.6 Å². The SMILES string of the molecule is Cc1nn(-c2ccc(Nc3ccc(NC(=O)c4c(C)noc4C)cc3)nn2)c(C)c1C. The Kier molecular flexibility index (Phi) is 5.24. The van der Waals surface area contributed by atoms with Gasteiger partial charge in [0.15, 0.2) is 11.6 Å². The molecule has 0 bridgehead atoms. The number of anilines is 3. The van der Waals surface area contributed by atoms with Gasteiger partial charge in [0.1, 0.15) is 11.3 Å². The van der Waals surface area contributed by atoms with E-state index in [1.165, 1.54) is 0 Å². The summed E-state index contributed by atoms with van der Waals surface area (Å²) in [6.07, 6.45) is 0. The van der Waals surface area contributed by atoms with Gasteiger partial charge >= 0.3 is 0 Å². The normalized spacial score (nSPS) is 10.9. The average molecular weight is 417 g/mol. The van der Waals surface area contributed by atoms with E-state index in [2.05, 4.69) is 31.1 Å². The van der Waals surface area contributed by atoms with Crippen LogP contribution in [-0.4, -0.2) is 31.0 Å². The fourth-order valence-corrected chi connectivity index (χ4v) is 3.23. The third-order valence-electron chi connectivity index (χ3n) is 5.20. The number of carbonyl (C=O) groups excluding carboxylic acids is 1. The molecule has 0 saturated carbocycles. The lowest BCUT2D eigenvalue weighted by atomic mass is 10.2. The van der Waals surface area contributed by atoms with Crippen LogP contribution in [0.1, 0.15) is 38.8 Å². The first-order valence-electron chi connectivity index (χ1n) is 9.81. The van der Waals surface area contributed by atoms with Gasteiger partial charge in [0.05, 0.1) is 11.4 Å². The highest BCUT2D eigenvalue weighted by Gasteiger charge is 2.17. The summed E-state index contributed by atoms with van der Waals surface area (Å²) in [6, 6.07) is 11.0. The number of aromatic nitrogens is 5. The molecule has 0 fully saturated rings. The van der Waals surface area contributed by atoms with E-state index < -0.39 is 0 Å². The zero-order chi connectivity index (χ0) is 22.1. The molecule has 2 N–H and O–H groups in total. The van der Waals surface area contributed by atoms with E-state index in [4.69, 9.17) is 4.52 Å². The predicted molar refractivity (Wildman–Crippen MR) is 117 cm³/mol. The highest BCUT2D eigenvalue weighted by molar-refractivity contribution is 6.05. The van der Waals surface area contributed by atoms with Gasteiger partial charge in [0, 0.05) is 17.1 Å². The van der Waals surface area contributed by atoms with Crippen LogP contribution < -0.4 is 10.6 Å². The standard InChI is InChI=1S/C22H23N7O2/c1-12-13(2)27-29(15(12)4)20-11-10-19(25-26-20)23-17-6-8-18(9-7-17)24-22(30)21-14(3)28-31-16(21)5/h6-11H,1-5H3,(H,23,25)(H,24,30). The summed E-state index contributed by atoms with van der Waals surface area (Å²) < 4.78 is 6.84. The first-order chi connectivity index (χ1) is 14.8. The zero-order valence-corrected chi connectivity index (χ0v) is 18.0. The molecule has 158 valence electrons. The molecule has 0 radical (unpaired) electrons. The largest absolute Gasteiger partial charge is 0.361 e. The number of nitrogens with zero attached hydrogens (tertiary/aromatic N) is 5. The Labute approximate surface area is 179 Å². The molecule has 0 aliphatic carbocycles. The number of carbonyl (C=O) groups is 1. The Morgan fingerprint density at radius 1 is 0.903 bits per heavy atom. The molecule has 0 atom stereocenters. The molecule has 1 amide bonds. The summed E-state index contributed by atoms with van der Waals surface area (Å²) in [5.41, 5.74) is 5.66. The minimum Gasteiger partial charge on any atom is -0.361 e. The van der Waals surface area contributed by atoms with Crippen LogP contribution in [0.3, 0.4) is 0 Å². The van der Waals surface area contributed by atoms with Crippen LogP contribution >= 0.6 is 0 Å². The Morgan fingerprint density at radius 2 is 1.61 bits per heavy atom. The van der Waals surface area contributed by atoms with Crippen molar-refractivity contribution < 1.29 is 9.32 Å². The van der Waals surface area contributed by atoms with Crippen LogP contribution in [0.5, 0.6) is 0 Å². The van der Waals surface area contributed by atoms with Crippen LogP contribution in [0, 0.1) is 34.6 Å². The van der Waals surface area contributed by atoms with Gasteiger partial charge in [-0.1, -0.05) is 5.16 Å². The predicted octanol–water partition coefficient (Wildman–Crippen LogP) is 4.19. The molecule has 0 aliphatic heterocycles. The minimum absolute atomic E-state index is 0.252. The maximum Gasteiger partial charge on any atom is 0.261 e. The fraction of sp³-hybridized carbons (Fsp3) is 0.227. The van der Waals surface area contributed by atoms with Gasteiger partial charge in [-0.05, 0) is 76.6 Å². The molecular formula is C22H23N7O2. The molecule has 4 rings (SSSR count). The number of aryl methyl sites for hydroxylation is 3. The van der Waals surface area contributed by atoms with Crippen LogP contribution in [0.15, 0.2) is 40.9 Å². The Bertz CT molecular complexity index is 1220. The molecule has 9 nitrogen and oxygen atoms in total. The molecule has 0 aliphatic rings. The molecule has 0 unspecified atom stereocenters. The highest BCUT2D eigenvalue weighted by Crippen LogP contribution is 2.20. The average Bonchev–Trinajstić information content (AvgIpc) is 3.23. The summed E-state index contributed by atoms with van der Waals surface area (Å²) in [5, 5.41) is 22.9. The molecule has 9 heteroatoms. The zero-order valence-electron chi connectivity index (χ0n) is 18.0. The van der Waals surface area contributed by atoms with E-state index in [1.807, 2.05) is 45.0 Å². The first kappa shape index (κ1) is 20.3. The smallest absolute Gasteiger partial charge is 0.261 e. The summed E-state index contributed by atoms with van der Waals surface area (Å²) in [7, 11) is 0. The minimum atomic E-state index is -0.252. The van der Waals surface area contributed by atoms with Gasteiger partial charge in [-0.3, -0.25) is 4.79 Å². The number of hydrogen-bond donors (Lipinski definition) is 2. The molecule has 1 aromatic carbocycles. The molecule has 3 aromatic heterocycles. The fourth-order valence-electron chi connectivity index (χ4n) is 3.23. The second-order valence-corrected chi connectivity index (χ2v) is 7.34. The summed E-state index contributed by atoms with van der Waals surface area (Å²) >= 11 is 0. The van der Waals surface area contributed by atoms with Crippen LogP contribution in [-0.2, 0) is 0 Å². The summed E-state index contributed by atoms with van der Waals surface area (Å²) in [5.74, 6) is 1.51. The van der Waals surface area contributed by atoms with Gasteiger partial charge in [0.25, 0.3) is 5.91 Å². The number of nitrogens with one attached hydrogen (secondary N) is 2. The second kappa shape index (κ2) is 8.02. The molecular weight excluding hydrogens is 394 g/mol. The lowest BCUT2D eigenvalue weighted by molar-refractivity contribution is 0.102.